The van der Waals surface area contributed by atoms with E-state index in [1.54, 1.807) is 0 Å². The van der Waals surface area contributed by atoms with Crippen molar-refractivity contribution < 1.29 is 9.84 Å². The molecule has 2 heterocycles. The van der Waals surface area contributed by atoms with Crippen LogP contribution in [0.15, 0.2) is 6.07 Å². The summed E-state index contributed by atoms with van der Waals surface area (Å²) in [5.41, 5.74) is -0.332. The van der Waals surface area contributed by atoms with Gasteiger partial charge in [-0.15, -0.1) is 0 Å². The van der Waals surface area contributed by atoms with Gasteiger partial charge in [0.2, 0.25) is 0 Å². The Kier molecular flexibility index (Phi) is 5.14. The Labute approximate surface area is 120 Å². The smallest absolute Gasteiger partial charge is 0.132 e. The van der Waals surface area contributed by atoms with E-state index in [4.69, 9.17) is 4.74 Å². The van der Waals surface area contributed by atoms with Crippen molar-refractivity contribution in [3.05, 3.63) is 11.9 Å². The predicted molar refractivity (Wildman–Crippen MR) is 79.1 cm³/mol. The second-order valence-electron chi connectivity index (χ2n) is 5.11. The molecule has 6 nitrogen and oxygen atoms in total. The number of aliphatic hydroxyl groups excluding tert-OH is 1. The molecular weight excluding hydrogens is 256 g/mol. The molecule has 6 heteroatoms. The van der Waals surface area contributed by atoms with E-state index in [0.29, 0.717) is 13.2 Å². The van der Waals surface area contributed by atoms with Gasteiger partial charge < -0.3 is 20.5 Å². The number of ether oxygens (including phenoxy) is 1. The van der Waals surface area contributed by atoms with Crippen LogP contribution in [0, 0.1) is 0 Å². The van der Waals surface area contributed by atoms with Gasteiger partial charge >= 0.3 is 0 Å². The van der Waals surface area contributed by atoms with E-state index in [0.717, 1.165) is 43.3 Å². The van der Waals surface area contributed by atoms with Gasteiger partial charge in [-0.3, -0.25) is 0 Å². The fourth-order valence-corrected chi connectivity index (χ4v) is 2.35. The van der Waals surface area contributed by atoms with Crippen LogP contribution >= 0.6 is 0 Å². The van der Waals surface area contributed by atoms with E-state index < -0.39 is 0 Å². The monoisotopic (exact) mass is 280 g/mol. The molecule has 1 aliphatic heterocycles. The van der Waals surface area contributed by atoms with Gasteiger partial charge in [0.25, 0.3) is 0 Å². The summed E-state index contributed by atoms with van der Waals surface area (Å²) < 4.78 is 5.38. The number of anilines is 2. The summed E-state index contributed by atoms with van der Waals surface area (Å²) in [7, 11) is 0. The third-order valence-electron chi connectivity index (χ3n) is 3.59. The fourth-order valence-electron chi connectivity index (χ4n) is 2.35. The highest BCUT2D eigenvalue weighted by Gasteiger charge is 2.32. The summed E-state index contributed by atoms with van der Waals surface area (Å²) in [5.74, 6) is 2.39. The number of nitrogens with zero attached hydrogens (tertiary/aromatic N) is 2. The van der Waals surface area contributed by atoms with Crippen LogP contribution in [0.2, 0.25) is 0 Å². The molecule has 0 bridgehead atoms. The molecule has 0 aliphatic carbocycles. The van der Waals surface area contributed by atoms with Crippen LogP contribution in [0.4, 0.5) is 11.6 Å². The topological polar surface area (TPSA) is 79.3 Å². The molecule has 0 aromatic carbocycles. The minimum atomic E-state index is -0.332. The first-order valence-electron chi connectivity index (χ1n) is 7.30. The van der Waals surface area contributed by atoms with Crippen LogP contribution in [0.25, 0.3) is 0 Å². The van der Waals surface area contributed by atoms with Crippen molar-refractivity contribution in [2.75, 3.05) is 37.0 Å². The molecule has 0 atom stereocenters. The maximum Gasteiger partial charge on any atom is 0.132 e. The van der Waals surface area contributed by atoms with E-state index in [2.05, 4.69) is 20.6 Å². The summed E-state index contributed by atoms with van der Waals surface area (Å²) >= 11 is 0. The predicted octanol–water partition coefficient (Wildman–Crippen LogP) is 1.42. The molecule has 0 unspecified atom stereocenters. The standard InChI is InChI=1S/C14H24N4O2/c1-3-11-16-12(15-4-2)9-13(17-11)18-14(10-19)5-7-20-8-6-14/h9,19H,3-8,10H2,1-2H3,(H2,15,16,17,18). The van der Waals surface area contributed by atoms with Crippen molar-refractivity contribution in [2.24, 2.45) is 0 Å². The van der Waals surface area contributed by atoms with Gasteiger partial charge in [-0.05, 0) is 19.8 Å². The molecule has 0 spiro atoms. The number of hydrogen-bond donors (Lipinski definition) is 3. The van der Waals surface area contributed by atoms with Crippen LogP contribution < -0.4 is 10.6 Å². The maximum absolute atomic E-state index is 9.72. The molecule has 1 aliphatic rings. The number of aliphatic hydroxyl groups is 1. The van der Waals surface area contributed by atoms with Crippen molar-refractivity contribution in [1.29, 1.82) is 0 Å². The zero-order valence-electron chi connectivity index (χ0n) is 12.3. The largest absolute Gasteiger partial charge is 0.394 e. The lowest BCUT2D eigenvalue weighted by molar-refractivity contribution is 0.0378. The summed E-state index contributed by atoms with van der Waals surface area (Å²) in [4.78, 5) is 8.94. The van der Waals surface area contributed by atoms with Crippen LogP contribution in [0.3, 0.4) is 0 Å². The Morgan fingerprint density at radius 2 is 1.95 bits per heavy atom. The van der Waals surface area contributed by atoms with Gasteiger partial charge in [-0.2, -0.15) is 0 Å². The lowest BCUT2D eigenvalue weighted by Gasteiger charge is -2.36. The molecule has 112 valence electrons. The number of aryl methyl sites for hydroxylation is 1. The summed E-state index contributed by atoms with van der Waals surface area (Å²) in [6.45, 7) is 6.30. The minimum absolute atomic E-state index is 0.0817. The highest BCUT2D eigenvalue weighted by Crippen LogP contribution is 2.25. The molecule has 0 radical (unpaired) electrons. The SMILES string of the molecule is CCNc1cc(NC2(CO)CCOCC2)nc(CC)n1. The Morgan fingerprint density at radius 3 is 2.55 bits per heavy atom. The van der Waals surface area contributed by atoms with E-state index in [9.17, 15) is 5.11 Å². The van der Waals surface area contributed by atoms with Crippen molar-refractivity contribution in [2.45, 2.75) is 38.6 Å². The van der Waals surface area contributed by atoms with Gasteiger partial charge in [0.1, 0.15) is 17.5 Å². The van der Waals surface area contributed by atoms with E-state index >= 15 is 0 Å². The first-order chi connectivity index (χ1) is 9.71. The Morgan fingerprint density at radius 1 is 1.25 bits per heavy atom. The average molecular weight is 280 g/mol. The van der Waals surface area contributed by atoms with Crippen LogP contribution in [-0.4, -0.2) is 47.0 Å². The third-order valence-corrected chi connectivity index (χ3v) is 3.59. The highest BCUT2D eigenvalue weighted by molar-refractivity contribution is 5.49. The van der Waals surface area contributed by atoms with Crippen molar-refractivity contribution in [3.8, 4) is 0 Å². The Hall–Kier alpha value is -1.40. The highest BCUT2D eigenvalue weighted by atomic mass is 16.5. The third kappa shape index (κ3) is 3.58. The lowest BCUT2D eigenvalue weighted by atomic mass is 9.91. The zero-order chi connectivity index (χ0) is 14.4. The number of rotatable bonds is 6. The van der Waals surface area contributed by atoms with Crippen molar-refractivity contribution in [1.82, 2.24) is 9.97 Å². The van der Waals surface area contributed by atoms with Gasteiger partial charge in [-0.1, -0.05) is 6.92 Å². The van der Waals surface area contributed by atoms with Crippen LogP contribution in [-0.2, 0) is 11.2 Å². The number of hydrogen-bond acceptors (Lipinski definition) is 6. The van der Waals surface area contributed by atoms with E-state index in [1.165, 1.54) is 0 Å². The minimum Gasteiger partial charge on any atom is -0.394 e. The van der Waals surface area contributed by atoms with Crippen LogP contribution in [0.5, 0.6) is 0 Å². The van der Waals surface area contributed by atoms with Gasteiger partial charge in [-0.25, -0.2) is 9.97 Å². The lowest BCUT2D eigenvalue weighted by Crippen LogP contribution is -2.47. The van der Waals surface area contributed by atoms with Crippen molar-refractivity contribution in [3.63, 3.8) is 0 Å². The quantitative estimate of drug-likeness (QED) is 0.731. The molecule has 1 saturated heterocycles. The second-order valence-corrected chi connectivity index (χ2v) is 5.11. The summed E-state index contributed by atoms with van der Waals surface area (Å²) in [6.07, 6.45) is 2.35. The average Bonchev–Trinajstić information content (AvgIpc) is 2.48. The molecular formula is C14H24N4O2. The zero-order valence-corrected chi connectivity index (χ0v) is 12.3. The summed E-state index contributed by atoms with van der Waals surface area (Å²) in [6, 6.07) is 1.90. The first kappa shape index (κ1) is 15.0. The first-order valence-corrected chi connectivity index (χ1v) is 7.30. The van der Waals surface area contributed by atoms with E-state index in [1.807, 2.05) is 19.9 Å². The summed E-state index contributed by atoms with van der Waals surface area (Å²) in [5, 5.41) is 16.3. The van der Waals surface area contributed by atoms with Gasteiger partial charge in [0.05, 0.1) is 12.1 Å². The molecule has 1 fully saturated rings. The molecule has 20 heavy (non-hydrogen) atoms. The van der Waals surface area contributed by atoms with E-state index in [-0.39, 0.29) is 12.1 Å². The maximum atomic E-state index is 9.72. The number of aromatic nitrogens is 2. The molecule has 3 N–H and O–H groups in total. The van der Waals surface area contributed by atoms with Crippen molar-refractivity contribution >= 4 is 11.6 Å². The van der Waals surface area contributed by atoms with Crippen LogP contribution in [0.1, 0.15) is 32.5 Å². The molecule has 1 aromatic rings. The Bertz CT molecular complexity index is 433. The fraction of sp³-hybridized carbons (Fsp3) is 0.714. The molecule has 2 rings (SSSR count). The molecule has 0 amide bonds. The van der Waals surface area contributed by atoms with Gasteiger partial charge in [0, 0.05) is 32.2 Å². The number of nitrogens with one attached hydrogen (secondary N) is 2. The second kappa shape index (κ2) is 6.85. The normalized spacial score (nSPS) is 17.8. The Balaban J connectivity index is 2.19. The molecule has 1 aromatic heterocycles. The molecule has 0 saturated carbocycles. The van der Waals surface area contributed by atoms with Gasteiger partial charge in [0.15, 0.2) is 0 Å².